The van der Waals surface area contributed by atoms with Crippen molar-refractivity contribution < 1.29 is 23.1 Å². The summed E-state index contributed by atoms with van der Waals surface area (Å²) >= 11 is 0. The van der Waals surface area contributed by atoms with E-state index < -0.39 is 31.2 Å². The fraction of sp³-hybridized carbons (Fsp3) is 0.917. The van der Waals surface area contributed by atoms with E-state index in [0.29, 0.717) is 17.7 Å². The molecule has 4 nitrogen and oxygen atoms in total. The second-order valence-electron chi connectivity index (χ2n) is 5.37. The fourth-order valence-corrected chi connectivity index (χ4v) is 2.72. The second kappa shape index (κ2) is 6.56. The number of rotatable bonds is 4. The van der Waals surface area contributed by atoms with E-state index in [4.69, 9.17) is 10.8 Å². The number of carbonyl (C=O) groups excluding carboxylic acids is 1. The van der Waals surface area contributed by atoms with Crippen LogP contribution in [0.4, 0.5) is 13.2 Å². The lowest BCUT2D eigenvalue weighted by Crippen LogP contribution is -2.46. The van der Waals surface area contributed by atoms with Gasteiger partial charge in [-0.25, -0.2) is 0 Å². The van der Waals surface area contributed by atoms with Crippen molar-refractivity contribution in [3.05, 3.63) is 0 Å². The predicted octanol–water partition coefficient (Wildman–Crippen LogP) is 1.13. The molecular formula is C12H21F3N2O2. The van der Waals surface area contributed by atoms with Crippen molar-refractivity contribution in [2.24, 2.45) is 17.6 Å². The van der Waals surface area contributed by atoms with Gasteiger partial charge in [-0.3, -0.25) is 4.79 Å². The zero-order valence-electron chi connectivity index (χ0n) is 11.0. The number of amides is 1. The Kier molecular flexibility index (Phi) is 5.61. The third-order valence-corrected chi connectivity index (χ3v) is 3.38. The maximum atomic E-state index is 12.4. The first-order valence-electron chi connectivity index (χ1n) is 6.45. The van der Waals surface area contributed by atoms with Crippen molar-refractivity contribution in [3.63, 3.8) is 0 Å². The van der Waals surface area contributed by atoms with Gasteiger partial charge >= 0.3 is 6.18 Å². The topological polar surface area (TPSA) is 66.6 Å². The molecule has 3 atom stereocenters. The normalized spacial score (nSPS) is 28.2. The van der Waals surface area contributed by atoms with E-state index in [-0.39, 0.29) is 18.5 Å². The van der Waals surface area contributed by atoms with E-state index >= 15 is 0 Å². The monoisotopic (exact) mass is 282 g/mol. The molecule has 1 amide bonds. The molecular weight excluding hydrogens is 261 g/mol. The third-order valence-electron chi connectivity index (χ3n) is 3.38. The van der Waals surface area contributed by atoms with Crippen LogP contribution < -0.4 is 5.73 Å². The molecule has 0 aromatic rings. The Morgan fingerprint density at radius 1 is 1.37 bits per heavy atom. The number of aliphatic hydroxyl groups is 1. The summed E-state index contributed by atoms with van der Waals surface area (Å²) in [6, 6.07) is -0.139. The van der Waals surface area contributed by atoms with Crippen LogP contribution in [-0.4, -0.2) is 47.8 Å². The summed E-state index contributed by atoms with van der Waals surface area (Å²) in [4.78, 5) is 12.8. The highest BCUT2D eigenvalue weighted by Crippen LogP contribution is 2.30. The third kappa shape index (κ3) is 5.36. The molecule has 0 aromatic carbocycles. The molecule has 1 saturated carbocycles. The molecule has 19 heavy (non-hydrogen) atoms. The van der Waals surface area contributed by atoms with Crippen LogP contribution in [0, 0.1) is 11.8 Å². The lowest BCUT2D eigenvalue weighted by Gasteiger charge is -2.34. The van der Waals surface area contributed by atoms with Gasteiger partial charge in [-0.2, -0.15) is 13.2 Å². The van der Waals surface area contributed by atoms with Crippen molar-refractivity contribution in [2.75, 3.05) is 19.7 Å². The van der Waals surface area contributed by atoms with Crippen molar-refractivity contribution in [1.82, 2.24) is 4.90 Å². The van der Waals surface area contributed by atoms with Gasteiger partial charge in [0.2, 0.25) is 5.91 Å². The summed E-state index contributed by atoms with van der Waals surface area (Å²) in [7, 11) is 0. The highest BCUT2D eigenvalue weighted by atomic mass is 19.4. The van der Waals surface area contributed by atoms with E-state index in [1.807, 2.05) is 6.92 Å². The van der Waals surface area contributed by atoms with Crippen molar-refractivity contribution in [1.29, 1.82) is 0 Å². The molecule has 1 fully saturated rings. The molecule has 7 heteroatoms. The van der Waals surface area contributed by atoms with E-state index in [9.17, 15) is 18.0 Å². The zero-order valence-corrected chi connectivity index (χ0v) is 11.0. The summed E-state index contributed by atoms with van der Waals surface area (Å²) in [5.41, 5.74) is 5.81. The van der Waals surface area contributed by atoms with Crippen LogP contribution in [0.3, 0.4) is 0 Å². The van der Waals surface area contributed by atoms with E-state index in [1.165, 1.54) is 0 Å². The molecule has 1 aliphatic rings. The van der Waals surface area contributed by atoms with E-state index in [0.717, 1.165) is 6.42 Å². The summed E-state index contributed by atoms with van der Waals surface area (Å²) in [5, 5.41) is 8.80. The van der Waals surface area contributed by atoms with Gasteiger partial charge in [0.25, 0.3) is 0 Å². The zero-order chi connectivity index (χ0) is 14.6. The van der Waals surface area contributed by atoms with Crippen LogP contribution in [-0.2, 0) is 4.79 Å². The average molecular weight is 282 g/mol. The van der Waals surface area contributed by atoms with E-state index in [2.05, 4.69) is 0 Å². The Morgan fingerprint density at radius 3 is 2.47 bits per heavy atom. The van der Waals surface area contributed by atoms with Crippen molar-refractivity contribution in [3.8, 4) is 0 Å². The maximum absolute atomic E-state index is 12.4. The Labute approximate surface area is 110 Å². The first-order valence-corrected chi connectivity index (χ1v) is 6.45. The van der Waals surface area contributed by atoms with Crippen molar-refractivity contribution in [2.45, 2.75) is 38.4 Å². The Hall–Kier alpha value is -0.820. The SMILES string of the molecule is CC1CC(N)CC(C(=O)N(CCO)CC(F)(F)F)C1. The minimum absolute atomic E-state index is 0.139. The molecule has 112 valence electrons. The molecule has 1 aliphatic carbocycles. The number of alkyl halides is 3. The fourth-order valence-electron chi connectivity index (χ4n) is 2.72. The molecule has 3 N–H and O–H groups in total. The molecule has 1 rings (SSSR count). The number of carbonyl (C=O) groups is 1. The molecule has 0 heterocycles. The quantitative estimate of drug-likeness (QED) is 0.812. The smallest absolute Gasteiger partial charge is 0.395 e. The number of hydrogen-bond acceptors (Lipinski definition) is 3. The van der Waals surface area contributed by atoms with Gasteiger partial charge < -0.3 is 15.7 Å². The number of nitrogens with zero attached hydrogens (tertiary/aromatic N) is 1. The van der Waals surface area contributed by atoms with Crippen LogP contribution in [0.1, 0.15) is 26.2 Å². The van der Waals surface area contributed by atoms with Gasteiger partial charge in [0.15, 0.2) is 0 Å². The van der Waals surface area contributed by atoms with Gasteiger partial charge in [0.05, 0.1) is 6.61 Å². The van der Waals surface area contributed by atoms with Gasteiger partial charge in [-0.1, -0.05) is 6.92 Å². The first-order chi connectivity index (χ1) is 8.73. The molecule has 0 aromatic heterocycles. The number of halogens is 3. The second-order valence-corrected chi connectivity index (χ2v) is 5.37. The van der Waals surface area contributed by atoms with Gasteiger partial charge in [-0.05, 0) is 25.2 Å². The predicted molar refractivity (Wildman–Crippen MR) is 64.2 cm³/mol. The van der Waals surface area contributed by atoms with E-state index in [1.54, 1.807) is 0 Å². The van der Waals surface area contributed by atoms with Crippen LogP contribution in [0.25, 0.3) is 0 Å². The molecule has 0 aliphatic heterocycles. The number of nitrogens with two attached hydrogens (primary N) is 1. The molecule has 0 spiro atoms. The highest BCUT2D eigenvalue weighted by molar-refractivity contribution is 5.79. The maximum Gasteiger partial charge on any atom is 0.406 e. The first kappa shape index (κ1) is 16.2. The molecule has 0 radical (unpaired) electrons. The van der Waals surface area contributed by atoms with Crippen molar-refractivity contribution >= 4 is 5.91 Å². The Balaban J connectivity index is 2.70. The largest absolute Gasteiger partial charge is 0.406 e. The van der Waals surface area contributed by atoms with Crippen LogP contribution >= 0.6 is 0 Å². The molecule has 3 unspecified atom stereocenters. The minimum atomic E-state index is -4.45. The van der Waals surface area contributed by atoms with Gasteiger partial charge in [0, 0.05) is 18.5 Å². The van der Waals surface area contributed by atoms with Crippen LogP contribution in [0.5, 0.6) is 0 Å². The van der Waals surface area contributed by atoms with Crippen LogP contribution in [0.15, 0.2) is 0 Å². The van der Waals surface area contributed by atoms with Crippen LogP contribution in [0.2, 0.25) is 0 Å². The summed E-state index contributed by atoms with van der Waals surface area (Å²) in [5.74, 6) is -0.777. The molecule has 0 saturated heterocycles. The Morgan fingerprint density at radius 2 is 2.00 bits per heavy atom. The Bertz CT molecular complexity index is 300. The standard InChI is InChI=1S/C12H21F3N2O2/c1-8-4-9(6-10(16)5-8)11(19)17(2-3-18)7-12(13,14)15/h8-10,18H,2-7,16H2,1H3. The minimum Gasteiger partial charge on any atom is -0.395 e. The number of hydrogen-bond donors (Lipinski definition) is 2. The average Bonchev–Trinajstić information content (AvgIpc) is 2.24. The summed E-state index contributed by atoms with van der Waals surface area (Å²) < 4.78 is 37.2. The van der Waals surface area contributed by atoms with Gasteiger partial charge in [-0.15, -0.1) is 0 Å². The lowest BCUT2D eigenvalue weighted by molar-refractivity contribution is -0.165. The summed E-state index contributed by atoms with van der Waals surface area (Å²) in [6.07, 6.45) is -2.68. The summed E-state index contributed by atoms with van der Waals surface area (Å²) in [6.45, 7) is -0.138. The highest BCUT2D eigenvalue weighted by Gasteiger charge is 2.37. The molecule has 0 bridgehead atoms. The van der Waals surface area contributed by atoms with Gasteiger partial charge in [0.1, 0.15) is 6.54 Å². The lowest BCUT2D eigenvalue weighted by atomic mass is 9.79. The number of aliphatic hydroxyl groups excluding tert-OH is 1.